The molecule has 0 saturated carbocycles. The number of aliphatic carboxylic acids is 1. The summed E-state index contributed by atoms with van der Waals surface area (Å²) in [7, 11) is 0. The van der Waals surface area contributed by atoms with Crippen LogP contribution in [-0.4, -0.2) is 59.6 Å². The molecule has 0 radical (unpaired) electrons. The van der Waals surface area contributed by atoms with Crippen molar-refractivity contribution in [3.05, 3.63) is 30.3 Å². The van der Waals surface area contributed by atoms with Crippen molar-refractivity contribution < 1.29 is 14.7 Å². The van der Waals surface area contributed by atoms with Gasteiger partial charge in [0, 0.05) is 31.9 Å². The highest BCUT2D eigenvalue weighted by Crippen LogP contribution is 2.09. The minimum atomic E-state index is -0.827. The average Bonchev–Trinajstić information content (AvgIpc) is 2.65. The Morgan fingerprint density at radius 2 is 1.85 bits per heavy atom. The van der Waals surface area contributed by atoms with Crippen molar-refractivity contribution in [1.82, 2.24) is 9.80 Å². The smallest absolute Gasteiger partial charge is 0.321 e. The predicted molar refractivity (Wildman–Crippen MR) is 75.7 cm³/mol. The van der Waals surface area contributed by atoms with Crippen molar-refractivity contribution in [2.75, 3.05) is 38.0 Å². The quantitative estimate of drug-likeness (QED) is 0.873. The van der Waals surface area contributed by atoms with Gasteiger partial charge in [0.2, 0.25) is 0 Å². The number of carbonyl (C=O) groups is 2. The molecule has 0 aromatic heterocycles. The summed E-state index contributed by atoms with van der Waals surface area (Å²) < 4.78 is 0. The lowest BCUT2D eigenvalue weighted by atomic mass is 10.3. The second-order valence-corrected chi connectivity index (χ2v) is 4.81. The topological polar surface area (TPSA) is 72.9 Å². The van der Waals surface area contributed by atoms with Gasteiger partial charge in [-0.15, -0.1) is 0 Å². The molecule has 0 aliphatic carbocycles. The van der Waals surface area contributed by atoms with Crippen LogP contribution in [0.15, 0.2) is 30.3 Å². The number of carboxylic acid groups (broad SMARTS) is 1. The van der Waals surface area contributed by atoms with Crippen LogP contribution in [0.25, 0.3) is 0 Å². The third-order valence-corrected chi connectivity index (χ3v) is 3.26. The van der Waals surface area contributed by atoms with Crippen LogP contribution in [0, 0.1) is 0 Å². The molecule has 1 aromatic carbocycles. The summed E-state index contributed by atoms with van der Waals surface area (Å²) in [6.07, 6.45) is 0.787. The number of hydrogen-bond donors (Lipinski definition) is 2. The van der Waals surface area contributed by atoms with E-state index < -0.39 is 5.97 Å². The van der Waals surface area contributed by atoms with E-state index in [1.165, 1.54) is 0 Å². The number of rotatable bonds is 3. The van der Waals surface area contributed by atoms with Gasteiger partial charge in [-0.05, 0) is 18.6 Å². The van der Waals surface area contributed by atoms with Gasteiger partial charge in [-0.2, -0.15) is 0 Å². The molecule has 2 N–H and O–H groups in total. The summed E-state index contributed by atoms with van der Waals surface area (Å²) in [4.78, 5) is 26.4. The number of hydrogen-bond acceptors (Lipinski definition) is 3. The van der Waals surface area contributed by atoms with Crippen LogP contribution < -0.4 is 5.32 Å². The lowest BCUT2D eigenvalue weighted by Gasteiger charge is -2.21. The zero-order valence-corrected chi connectivity index (χ0v) is 11.3. The largest absolute Gasteiger partial charge is 0.480 e. The lowest BCUT2D eigenvalue weighted by molar-refractivity contribution is -0.138. The van der Waals surface area contributed by atoms with E-state index in [4.69, 9.17) is 5.11 Å². The summed E-state index contributed by atoms with van der Waals surface area (Å²) in [6, 6.07) is 9.18. The first-order valence-corrected chi connectivity index (χ1v) is 6.70. The molecule has 6 nitrogen and oxygen atoms in total. The number of para-hydroxylation sites is 1. The Labute approximate surface area is 118 Å². The normalized spacial score (nSPS) is 16.5. The maximum Gasteiger partial charge on any atom is 0.321 e. The van der Waals surface area contributed by atoms with Crippen LogP contribution >= 0.6 is 0 Å². The van der Waals surface area contributed by atoms with Crippen LogP contribution in [-0.2, 0) is 4.79 Å². The molecule has 0 spiro atoms. The lowest BCUT2D eigenvalue weighted by Crippen LogP contribution is -2.38. The number of carbonyl (C=O) groups excluding carboxylic acids is 1. The Balaban J connectivity index is 1.86. The molecule has 6 heteroatoms. The molecule has 2 rings (SSSR count). The van der Waals surface area contributed by atoms with Crippen LogP contribution in [0.1, 0.15) is 6.42 Å². The molecule has 1 saturated heterocycles. The van der Waals surface area contributed by atoms with Gasteiger partial charge in [-0.25, -0.2) is 4.79 Å². The third kappa shape index (κ3) is 4.24. The highest BCUT2D eigenvalue weighted by molar-refractivity contribution is 5.89. The van der Waals surface area contributed by atoms with Gasteiger partial charge in [-0.3, -0.25) is 9.69 Å². The SMILES string of the molecule is O=C(O)CN1CCCN(C(=O)Nc2ccccc2)CC1. The number of amides is 2. The van der Waals surface area contributed by atoms with E-state index in [0.717, 1.165) is 12.1 Å². The van der Waals surface area contributed by atoms with E-state index in [0.29, 0.717) is 26.2 Å². The summed E-state index contributed by atoms with van der Waals surface area (Å²) in [5.74, 6) is -0.827. The van der Waals surface area contributed by atoms with Gasteiger partial charge < -0.3 is 15.3 Å². The Morgan fingerprint density at radius 3 is 2.55 bits per heavy atom. The minimum absolute atomic E-state index is 0.0359. The standard InChI is InChI=1S/C14H19N3O3/c18-13(19)11-16-7-4-8-17(10-9-16)14(20)15-12-5-2-1-3-6-12/h1-3,5-6H,4,7-11H2,(H,15,20)(H,18,19). The average molecular weight is 277 g/mol. The molecule has 0 bridgehead atoms. The van der Waals surface area contributed by atoms with E-state index in [9.17, 15) is 9.59 Å². The van der Waals surface area contributed by atoms with Crippen LogP contribution in [0.5, 0.6) is 0 Å². The Hall–Kier alpha value is -2.08. The maximum absolute atomic E-state index is 12.1. The maximum atomic E-state index is 12.1. The van der Waals surface area contributed by atoms with Gasteiger partial charge >= 0.3 is 12.0 Å². The Morgan fingerprint density at radius 1 is 1.10 bits per heavy atom. The summed E-state index contributed by atoms with van der Waals surface area (Å²) in [6.45, 7) is 2.53. The highest BCUT2D eigenvalue weighted by Gasteiger charge is 2.20. The molecule has 0 atom stereocenters. The van der Waals surface area contributed by atoms with Crippen LogP contribution in [0.2, 0.25) is 0 Å². The minimum Gasteiger partial charge on any atom is -0.480 e. The van der Waals surface area contributed by atoms with Gasteiger partial charge in [-0.1, -0.05) is 18.2 Å². The first-order chi connectivity index (χ1) is 9.65. The Kier molecular flexibility index (Phi) is 4.95. The van der Waals surface area contributed by atoms with Crippen molar-refractivity contribution >= 4 is 17.7 Å². The molecule has 2 amide bonds. The fourth-order valence-corrected chi connectivity index (χ4v) is 2.25. The highest BCUT2D eigenvalue weighted by atomic mass is 16.4. The van der Waals surface area contributed by atoms with Crippen molar-refractivity contribution in [3.63, 3.8) is 0 Å². The van der Waals surface area contributed by atoms with Crippen molar-refractivity contribution in [2.45, 2.75) is 6.42 Å². The zero-order chi connectivity index (χ0) is 14.4. The number of urea groups is 1. The zero-order valence-electron chi connectivity index (χ0n) is 11.3. The number of nitrogens with zero attached hydrogens (tertiary/aromatic N) is 2. The summed E-state index contributed by atoms with van der Waals surface area (Å²) in [5.41, 5.74) is 0.768. The third-order valence-electron chi connectivity index (χ3n) is 3.26. The predicted octanol–water partition coefficient (Wildman–Crippen LogP) is 1.31. The van der Waals surface area contributed by atoms with Gasteiger partial charge in [0.15, 0.2) is 0 Å². The van der Waals surface area contributed by atoms with E-state index >= 15 is 0 Å². The monoisotopic (exact) mass is 277 g/mol. The van der Waals surface area contributed by atoms with Crippen LogP contribution in [0.3, 0.4) is 0 Å². The molecule has 1 aliphatic heterocycles. The molecule has 1 fully saturated rings. The molecule has 108 valence electrons. The first kappa shape index (κ1) is 14.3. The number of carboxylic acids is 1. The van der Waals surface area contributed by atoms with E-state index in [-0.39, 0.29) is 12.6 Å². The van der Waals surface area contributed by atoms with Crippen LogP contribution in [0.4, 0.5) is 10.5 Å². The molecule has 1 aliphatic rings. The number of nitrogens with one attached hydrogen (secondary N) is 1. The van der Waals surface area contributed by atoms with Crippen molar-refractivity contribution in [2.24, 2.45) is 0 Å². The fourth-order valence-electron chi connectivity index (χ4n) is 2.25. The van der Waals surface area contributed by atoms with E-state index in [1.54, 1.807) is 4.90 Å². The van der Waals surface area contributed by atoms with Crippen molar-refractivity contribution in [1.29, 1.82) is 0 Å². The molecule has 20 heavy (non-hydrogen) atoms. The van der Waals surface area contributed by atoms with Gasteiger partial charge in [0.25, 0.3) is 0 Å². The molecular weight excluding hydrogens is 258 g/mol. The van der Waals surface area contributed by atoms with E-state index in [1.807, 2.05) is 35.2 Å². The van der Waals surface area contributed by atoms with Gasteiger partial charge in [0.1, 0.15) is 0 Å². The summed E-state index contributed by atoms with van der Waals surface area (Å²) in [5, 5.41) is 11.6. The molecular formula is C14H19N3O3. The second kappa shape index (κ2) is 6.91. The molecule has 1 aromatic rings. The number of anilines is 1. The fraction of sp³-hybridized carbons (Fsp3) is 0.429. The second-order valence-electron chi connectivity index (χ2n) is 4.81. The molecule has 0 unspecified atom stereocenters. The van der Waals surface area contributed by atoms with Crippen molar-refractivity contribution in [3.8, 4) is 0 Å². The first-order valence-electron chi connectivity index (χ1n) is 6.70. The molecule has 1 heterocycles. The van der Waals surface area contributed by atoms with Gasteiger partial charge in [0.05, 0.1) is 6.54 Å². The van der Waals surface area contributed by atoms with E-state index in [2.05, 4.69) is 5.32 Å². The Bertz CT molecular complexity index is 464. The summed E-state index contributed by atoms with van der Waals surface area (Å²) >= 11 is 0. The number of benzene rings is 1.